The molecule has 0 radical (unpaired) electrons. The summed E-state index contributed by atoms with van der Waals surface area (Å²) < 4.78 is 1.74. The molecule has 1 aliphatic carbocycles. The fraction of sp³-hybridized carbons (Fsp3) is 0.769. The Balaban J connectivity index is 2.27. The summed E-state index contributed by atoms with van der Waals surface area (Å²) in [6, 6.07) is 0.197. The van der Waals surface area contributed by atoms with E-state index in [9.17, 15) is 4.79 Å². The third kappa shape index (κ3) is 2.56. The highest BCUT2D eigenvalue weighted by molar-refractivity contribution is 5.74. The van der Waals surface area contributed by atoms with Crippen LogP contribution in [0.5, 0.6) is 0 Å². The summed E-state index contributed by atoms with van der Waals surface area (Å²) in [7, 11) is 0. The predicted molar refractivity (Wildman–Crippen MR) is 66.2 cm³/mol. The van der Waals surface area contributed by atoms with Gasteiger partial charge in [0.15, 0.2) is 6.29 Å². The highest BCUT2D eigenvalue weighted by atomic mass is 16.1. The molecule has 0 saturated heterocycles. The summed E-state index contributed by atoms with van der Waals surface area (Å²) in [5.41, 5.74) is 1.61. The molecule has 4 nitrogen and oxygen atoms in total. The van der Waals surface area contributed by atoms with E-state index in [4.69, 9.17) is 0 Å². The van der Waals surface area contributed by atoms with E-state index in [0.29, 0.717) is 11.6 Å². The molecular formula is C13H21N3O. The first-order valence-electron chi connectivity index (χ1n) is 6.64. The fourth-order valence-electron chi connectivity index (χ4n) is 2.65. The number of hydrogen-bond acceptors (Lipinski definition) is 3. The predicted octanol–water partition coefficient (Wildman–Crippen LogP) is 3.11. The van der Waals surface area contributed by atoms with Gasteiger partial charge in [-0.1, -0.05) is 30.9 Å². The number of nitrogens with zero attached hydrogens (tertiary/aromatic N) is 3. The van der Waals surface area contributed by atoms with Gasteiger partial charge in [0.2, 0.25) is 0 Å². The van der Waals surface area contributed by atoms with E-state index in [0.717, 1.165) is 24.8 Å². The molecule has 0 aromatic carbocycles. The van der Waals surface area contributed by atoms with E-state index < -0.39 is 0 Å². The Morgan fingerprint density at radius 1 is 1.24 bits per heavy atom. The first-order chi connectivity index (χ1) is 8.24. The molecule has 1 aromatic rings. The van der Waals surface area contributed by atoms with Gasteiger partial charge in [-0.3, -0.25) is 4.79 Å². The lowest BCUT2D eigenvalue weighted by Crippen LogP contribution is -2.09. The molecule has 94 valence electrons. The van der Waals surface area contributed by atoms with E-state index in [1.807, 2.05) is 13.8 Å². The van der Waals surface area contributed by atoms with Crippen molar-refractivity contribution < 1.29 is 4.79 Å². The Hall–Kier alpha value is -1.19. The molecule has 0 aliphatic heterocycles. The summed E-state index contributed by atoms with van der Waals surface area (Å²) in [5, 5.41) is 8.38. The second-order valence-corrected chi connectivity index (χ2v) is 5.20. The van der Waals surface area contributed by atoms with Crippen molar-refractivity contribution in [1.82, 2.24) is 15.0 Å². The van der Waals surface area contributed by atoms with Crippen molar-refractivity contribution in [2.45, 2.75) is 64.3 Å². The standard InChI is InChI=1S/C13H21N3O/c1-10(2)16-12(9-17)13(14-15-16)11-7-5-3-4-6-8-11/h9-11H,3-8H2,1-2H3. The second kappa shape index (κ2) is 5.43. The van der Waals surface area contributed by atoms with Crippen molar-refractivity contribution in [2.24, 2.45) is 0 Å². The Kier molecular flexibility index (Phi) is 3.92. The van der Waals surface area contributed by atoms with Crippen molar-refractivity contribution >= 4 is 6.29 Å². The zero-order chi connectivity index (χ0) is 12.3. The summed E-state index contributed by atoms with van der Waals surface area (Å²) in [5.74, 6) is 0.435. The molecule has 0 spiro atoms. The molecule has 0 atom stereocenters. The lowest BCUT2D eigenvalue weighted by molar-refractivity contribution is 0.111. The average Bonchev–Trinajstić information content (AvgIpc) is 2.56. The van der Waals surface area contributed by atoms with E-state index in [1.54, 1.807) is 4.68 Å². The molecule has 1 heterocycles. The van der Waals surface area contributed by atoms with E-state index in [-0.39, 0.29) is 6.04 Å². The van der Waals surface area contributed by atoms with Crippen LogP contribution in [-0.2, 0) is 0 Å². The van der Waals surface area contributed by atoms with Crippen LogP contribution >= 0.6 is 0 Å². The number of carbonyl (C=O) groups is 1. The van der Waals surface area contributed by atoms with Gasteiger partial charge >= 0.3 is 0 Å². The van der Waals surface area contributed by atoms with Crippen molar-refractivity contribution in [3.63, 3.8) is 0 Å². The van der Waals surface area contributed by atoms with Gasteiger partial charge in [-0.25, -0.2) is 4.68 Å². The molecule has 1 aromatic heterocycles. The smallest absolute Gasteiger partial charge is 0.170 e. The number of aromatic nitrogens is 3. The Morgan fingerprint density at radius 3 is 2.41 bits per heavy atom. The molecule has 0 N–H and O–H groups in total. The number of hydrogen-bond donors (Lipinski definition) is 0. The maximum absolute atomic E-state index is 11.2. The van der Waals surface area contributed by atoms with Gasteiger partial charge in [0.25, 0.3) is 0 Å². The summed E-state index contributed by atoms with van der Waals surface area (Å²) >= 11 is 0. The van der Waals surface area contributed by atoms with Crippen LogP contribution in [0, 0.1) is 0 Å². The van der Waals surface area contributed by atoms with Gasteiger partial charge in [0.05, 0.1) is 5.69 Å². The largest absolute Gasteiger partial charge is 0.296 e. The minimum Gasteiger partial charge on any atom is -0.296 e. The molecule has 0 bridgehead atoms. The molecule has 1 aliphatic rings. The van der Waals surface area contributed by atoms with Gasteiger partial charge in [0, 0.05) is 12.0 Å². The van der Waals surface area contributed by atoms with Crippen molar-refractivity contribution in [3.8, 4) is 0 Å². The molecule has 1 saturated carbocycles. The van der Waals surface area contributed by atoms with Crippen LogP contribution in [0.3, 0.4) is 0 Å². The highest BCUT2D eigenvalue weighted by Gasteiger charge is 2.23. The fourth-order valence-corrected chi connectivity index (χ4v) is 2.65. The van der Waals surface area contributed by atoms with Crippen LogP contribution in [0.1, 0.15) is 80.5 Å². The van der Waals surface area contributed by atoms with Crippen molar-refractivity contribution in [2.75, 3.05) is 0 Å². The van der Waals surface area contributed by atoms with Gasteiger partial charge in [0.1, 0.15) is 5.69 Å². The minimum absolute atomic E-state index is 0.197. The van der Waals surface area contributed by atoms with Crippen molar-refractivity contribution in [1.29, 1.82) is 0 Å². The van der Waals surface area contributed by atoms with E-state index >= 15 is 0 Å². The summed E-state index contributed by atoms with van der Waals surface area (Å²) in [4.78, 5) is 11.2. The van der Waals surface area contributed by atoms with Gasteiger partial charge < -0.3 is 0 Å². The zero-order valence-corrected chi connectivity index (χ0v) is 10.7. The first-order valence-corrected chi connectivity index (χ1v) is 6.64. The average molecular weight is 235 g/mol. The number of rotatable bonds is 3. The lowest BCUT2D eigenvalue weighted by Gasteiger charge is -2.12. The Bertz CT molecular complexity index is 376. The van der Waals surface area contributed by atoms with Crippen LogP contribution < -0.4 is 0 Å². The lowest BCUT2D eigenvalue weighted by atomic mass is 9.95. The zero-order valence-electron chi connectivity index (χ0n) is 10.7. The third-order valence-corrected chi connectivity index (χ3v) is 3.60. The molecule has 0 unspecified atom stereocenters. The van der Waals surface area contributed by atoms with E-state index in [2.05, 4.69) is 10.3 Å². The van der Waals surface area contributed by atoms with Gasteiger partial charge in [-0.15, -0.1) is 5.10 Å². The minimum atomic E-state index is 0.197. The van der Waals surface area contributed by atoms with Crippen molar-refractivity contribution in [3.05, 3.63) is 11.4 Å². The highest BCUT2D eigenvalue weighted by Crippen LogP contribution is 2.32. The molecular weight excluding hydrogens is 214 g/mol. The molecule has 4 heteroatoms. The van der Waals surface area contributed by atoms with Crippen LogP contribution in [0.15, 0.2) is 0 Å². The topological polar surface area (TPSA) is 47.8 Å². The molecule has 17 heavy (non-hydrogen) atoms. The Morgan fingerprint density at radius 2 is 1.88 bits per heavy atom. The molecule has 2 rings (SSSR count). The molecule has 1 fully saturated rings. The van der Waals surface area contributed by atoms with Crippen LogP contribution in [-0.4, -0.2) is 21.3 Å². The van der Waals surface area contributed by atoms with E-state index in [1.165, 1.54) is 25.7 Å². The van der Waals surface area contributed by atoms with Crippen LogP contribution in [0.25, 0.3) is 0 Å². The first kappa shape index (κ1) is 12.3. The summed E-state index contributed by atoms with van der Waals surface area (Å²) in [6.07, 6.45) is 8.33. The maximum atomic E-state index is 11.2. The monoisotopic (exact) mass is 235 g/mol. The Labute approximate surface area is 102 Å². The normalized spacial score (nSPS) is 18.3. The SMILES string of the molecule is CC(C)n1nnc(C2CCCCCC2)c1C=O. The number of carbonyl (C=O) groups excluding carboxylic acids is 1. The van der Waals surface area contributed by atoms with Gasteiger partial charge in [-0.05, 0) is 26.7 Å². The second-order valence-electron chi connectivity index (χ2n) is 5.20. The third-order valence-electron chi connectivity index (χ3n) is 3.60. The maximum Gasteiger partial charge on any atom is 0.170 e. The molecule has 0 amide bonds. The van der Waals surface area contributed by atoms with Crippen LogP contribution in [0.4, 0.5) is 0 Å². The quantitative estimate of drug-likeness (QED) is 0.597. The van der Waals surface area contributed by atoms with Crippen LogP contribution in [0.2, 0.25) is 0 Å². The summed E-state index contributed by atoms with van der Waals surface area (Å²) in [6.45, 7) is 4.05. The number of aldehydes is 1. The van der Waals surface area contributed by atoms with Gasteiger partial charge in [-0.2, -0.15) is 0 Å².